The van der Waals surface area contributed by atoms with Crippen LogP contribution < -0.4 is 0 Å². The van der Waals surface area contributed by atoms with Gasteiger partial charge in [-0.15, -0.1) is 0 Å². The first-order valence-corrected chi connectivity index (χ1v) is 8.66. The van der Waals surface area contributed by atoms with Gasteiger partial charge in [0.15, 0.2) is 6.10 Å². The van der Waals surface area contributed by atoms with E-state index in [9.17, 15) is 9.59 Å². The van der Waals surface area contributed by atoms with Crippen molar-refractivity contribution >= 4 is 22.6 Å². The van der Waals surface area contributed by atoms with Crippen molar-refractivity contribution in [2.24, 2.45) is 0 Å². The number of carbonyl (C=O) groups excluding carboxylic acids is 1. The molecule has 1 unspecified atom stereocenters. The predicted octanol–water partition coefficient (Wildman–Crippen LogP) is 2.86. The minimum atomic E-state index is -1.01. The first kappa shape index (κ1) is 17.4. The zero-order valence-corrected chi connectivity index (χ0v) is 14.4. The van der Waals surface area contributed by atoms with Crippen LogP contribution in [0, 0.1) is 0 Å². The summed E-state index contributed by atoms with van der Waals surface area (Å²) in [4.78, 5) is 25.1. The predicted molar refractivity (Wildman–Crippen MR) is 95.4 cm³/mol. The molecule has 2 aromatic carbocycles. The van der Waals surface area contributed by atoms with Crippen LogP contribution in [0.25, 0.3) is 10.8 Å². The van der Waals surface area contributed by atoms with E-state index in [2.05, 4.69) is 30.3 Å². The summed E-state index contributed by atoms with van der Waals surface area (Å²) in [6, 6.07) is 14.6. The van der Waals surface area contributed by atoms with Gasteiger partial charge in [-0.25, -0.2) is 4.79 Å². The van der Waals surface area contributed by atoms with Gasteiger partial charge in [0, 0.05) is 13.0 Å². The number of hydrogen-bond donors (Lipinski definition) is 1. The number of carboxylic acid groups (broad SMARTS) is 1. The highest BCUT2D eigenvalue weighted by molar-refractivity contribution is 5.83. The van der Waals surface area contributed by atoms with Crippen LogP contribution in [0.15, 0.2) is 42.5 Å². The number of benzene rings is 2. The SMILES string of the molecule is C[C@@H]1CN(C(=O)CCCc2ccc3ccccc3c2)CC(C(=O)O)O1. The molecule has 3 rings (SSSR count). The molecule has 0 bridgehead atoms. The molecule has 0 spiro atoms. The Kier molecular flexibility index (Phi) is 5.34. The minimum absolute atomic E-state index is 0.00203. The Morgan fingerprint density at radius 2 is 1.92 bits per heavy atom. The number of aliphatic carboxylic acids is 1. The van der Waals surface area contributed by atoms with E-state index in [1.165, 1.54) is 16.3 Å². The van der Waals surface area contributed by atoms with Gasteiger partial charge >= 0.3 is 5.97 Å². The Morgan fingerprint density at radius 1 is 1.16 bits per heavy atom. The molecule has 1 heterocycles. The van der Waals surface area contributed by atoms with E-state index in [-0.39, 0.29) is 18.6 Å². The van der Waals surface area contributed by atoms with Crippen molar-refractivity contribution in [1.29, 1.82) is 0 Å². The summed E-state index contributed by atoms with van der Waals surface area (Å²) in [6.07, 6.45) is 0.832. The normalized spacial score (nSPS) is 20.6. The molecule has 0 radical (unpaired) electrons. The molecule has 0 saturated carbocycles. The average molecular weight is 341 g/mol. The van der Waals surface area contributed by atoms with Crippen LogP contribution in [-0.4, -0.2) is 47.2 Å². The fraction of sp³-hybridized carbons (Fsp3) is 0.400. The lowest BCUT2D eigenvalue weighted by atomic mass is 10.0. The van der Waals surface area contributed by atoms with Gasteiger partial charge in [0.05, 0.1) is 12.6 Å². The molecular formula is C20H23NO4. The molecule has 1 aliphatic rings. The molecule has 1 aliphatic heterocycles. The third-order valence-corrected chi connectivity index (χ3v) is 4.56. The van der Waals surface area contributed by atoms with Gasteiger partial charge in [-0.05, 0) is 36.1 Å². The third kappa shape index (κ3) is 4.37. The van der Waals surface area contributed by atoms with E-state index in [0.29, 0.717) is 13.0 Å². The lowest BCUT2D eigenvalue weighted by Gasteiger charge is -2.35. The van der Waals surface area contributed by atoms with Crippen molar-refractivity contribution in [3.05, 3.63) is 48.0 Å². The van der Waals surface area contributed by atoms with Crippen LogP contribution in [0.4, 0.5) is 0 Å². The van der Waals surface area contributed by atoms with Gasteiger partial charge in [0.2, 0.25) is 5.91 Å². The van der Waals surface area contributed by atoms with Gasteiger partial charge < -0.3 is 14.7 Å². The second kappa shape index (κ2) is 7.66. The summed E-state index contributed by atoms with van der Waals surface area (Å²) in [5, 5.41) is 11.5. The standard InChI is InChI=1S/C20H23NO4/c1-14-12-21(13-18(25-14)20(23)24)19(22)8-4-5-15-9-10-16-6-2-3-7-17(16)11-15/h2-3,6-7,9-11,14,18H,4-5,8,12-13H2,1H3,(H,23,24)/t14-,18?/m1/s1. The first-order valence-electron chi connectivity index (χ1n) is 8.66. The smallest absolute Gasteiger partial charge is 0.334 e. The zero-order valence-electron chi connectivity index (χ0n) is 14.4. The second-order valence-corrected chi connectivity index (χ2v) is 6.61. The number of nitrogens with zero attached hydrogens (tertiary/aromatic N) is 1. The topological polar surface area (TPSA) is 66.8 Å². The minimum Gasteiger partial charge on any atom is -0.479 e. The molecule has 2 atom stereocenters. The average Bonchev–Trinajstić information content (AvgIpc) is 2.61. The summed E-state index contributed by atoms with van der Waals surface area (Å²) in [7, 11) is 0. The molecule has 5 nitrogen and oxygen atoms in total. The molecule has 1 N–H and O–H groups in total. The van der Waals surface area contributed by atoms with Gasteiger partial charge in [-0.2, -0.15) is 0 Å². The van der Waals surface area contributed by atoms with Gasteiger partial charge in [0.25, 0.3) is 0 Å². The third-order valence-electron chi connectivity index (χ3n) is 4.56. The monoisotopic (exact) mass is 341 g/mol. The van der Waals surface area contributed by atoms with E-state index >= 15 is 0 Å². The molecule has 1 amide bonds. The molecule has 0 aromatic heterocycles. The maximum Gasteiger partial charge on any atom is 0.334 e. The maximum atomic E-state index is 12.4. The van der Waals surface area contributed by atoms with Crippen molar-refractivity contribution in [3.8, 4) is 0 Å². The highest BCUT2D eigenvalue weighted by Gasteiger charge is 2.32. The maximum absolute atomic E-state index is 12.4. The number of carboxylic acids is 1. The van der Waals surface area contributed by atoms with Crippen LogP contribution in [0.1, 0.15) is 25.3 Å². The van der Waals surface area contributed by atoms with Crippen LogP contribution in [0.3, 0.4) is 0 Å². The van der Waals surface area contributed by atoms with E-state index in [1.807, 2.05) is 12.1 Å². The van der Waals surface area contributed by atoms with E-state index in [4.69, 9.17) is 9.84 Å². The van der Waals surface area contributed by atoms with Crippen molar-refractivity contribution in [1.82, 2.24) is 4.90 Å². The molecule has 1 saturated heterocycles. The van der Waals surface area contributed by atoms with Crippen LogP contribution in [0.2, 0.25) is 0 Å². The number of carbonyl (C=O) groups is 2. The largest absolute Gasteiger partial charge is 0.479 e. The van der Waals surface area contributed by atoms with Crippen LogP contribution in [-0.2, 0) is 20.7 Å². The van der Waals surface area contributed by atoms with Crippen LogP contribution >= 0.6 is 0 Å². The summed E-state index contributed by atoms with van der Waals surface area (Å²) in [6.45, 7) is 2.39. The van der Waals surface area contributed by atoms with Crippen LogP contribution in [0.5, 0.6) is 0 Å². The quantitative estimate of drug-likeness (QED) is 0.908. The molecule has 2 aromatic rings. The van der Waals surface area contributed by atoms with Gasteiger partial charge in [0.1, 0.15) is 0 Å². The Balaban J connectivity index is 1.53. The molecule has 0 aliphatic carbocycles. The number of aryl methyl sites for hydroxylation is 1. The molecule has 25 heavy (non-hydrogen) atoms. The number of hydrogen-bond acceptors (Lipinski definition) is 3. The summed E-state index contributed by atoms with van der Waals surface area (Å²) in [5.41, 5.74) is 1.21. The Bertz CT molecular complexity index is 773. The van der Waals surface area contributed by atoms with Crippen molar-refractivity contribution in [2.45, 2.75) is 38.4 Å². The number of morpholine rings is 1. The highest BCUT2D eigenvalue weighted by Crippen LogP contribution is 2.18. The molecule has 1 fully saturated rings. The molecule has 5 heteroatoms. The van der Waals surface area contributed by atoms with E-state index in [1.54, 1.807) is 11.8 Å². The Morgan fingerprint density at radius 3 is 2.68 bits per heavy atom. The van der Waals surface area contributed by atoms with Gasteiger partial charge in [-0.3, -0.25) is 4.79 Å². The number of ether oxygens (including phenoxy) is 1. The lowest BCUT2D eigenvalue weighted by Crippen LogP contribution is -2.51. The second-order valence-electron chi connectivity index (χ2n) is 6.61. The van der Waals surface area contributed by atoms with E-state index in [0.717, 1.165) is 12.8 Å². The zero-order chi connectivity index (χ0) is 17.8. The van der Waals surface area contributed by atoms with Crippen molar-refractivity contribution in [2.75, 3.05) is 13.1 Å². The lowest BCUT2D eigenvalue weighted by molar-refractivity contribution is -0.166. The Labute approximate surface area is 147 Å². The van der Waals surface area contributed by atoms with Gasteiger partial charge in [-0.1, -0.05) is 42.5 Å². The fourth-order valence-electron chi connectivity index (χ4n) is 3.29. The number of rotatable bonds is 5. The van der Waals surface area contributed by atoms with Crippen molar-refractivity contribution < 1.29 is 19.4 Å². The number of amides is 1. The molecule has 132 valence electrons. The fourth-order valence-corrected chi connectivity index (χ4v) is 3.29. The summed E-state index contributed by atoms with van der Waals surface area (Å²) in [5.74, 6) is -1.01. The number of fused-ring (bicyclic) bond motifs is 1. The Hall–Kier alpha value is -2.40. The van der Waals surface area contributed by atoms with E-state index < -0.39 is 12.1 Å². The highest BCUT2D eigenvalue weighted by atomic mass is 16.5. The first-order chi connectivity index (χ1) is 12.0. The van der Waals surface area contributed by atoms with Crippen molar-refractivity contribution in [3.63, 3.8) is 0 Å². The molecular weight excluding hydrogens is 318 g/mol. The summed E-state index contributed by atoms with van der Waals surface area (Å²) >= 11 is 0. The summed E-state index contributed by atoms with van der Waals surface area (Å²) < 4.78 is 5.35.